The van der Waals surface area contributed by atoms with Gasteiger partial charge >= 0.3 is 6.36 Å². The lowest BCUT2D eigenvalue weighted by atomic mass is 10.5. The lowest BCUT2D eigenvalue weighted by Crippen LogP contribution is -2.16. The zero-order chi connectivity index (χ0) is 8.06. The summed E-state index contributed by atoms with van der Waals surface area (Å²) in [5, 5.41) is 0. The zero-order valence-electron chi connectivity index (χ0n) is 5.27. The van der Waals surface area contributed by atoms with E-state index in [0.717, 1.165) is 5.56 Å². The molecule has 0 N–H and O–H groups in total. The topological polar surface area (TPSA) is 9.23 Å². The molecule has 0 aromatic carbocycles. The van der Waals surface area contributed by atoms with Gasteiger partial charge in [-0.15, -0.1) is 13.2 Å². The van der Waals surface area contributed by atoms with Crippen LogP contribution in [0.4, 0.5) is 13.2 Å². The molecule has 0 aromatic heterocycles. The fourth-order valence-corrected chi connectivity index (χ4v) is 0.940. The van der Waals surface area contributed by atoms with Gasteiger partial charge in [0.15, 0.2) is 0 Å². The Labute approximate surface area is 60.4 Å². The third-order valence-electron chi connectivity index (χ3n) is 1.43. The summed E-state index contributed by atoms with van der Waals surface area (Å²) in [5.74, 6) is -0.0903. The molecule has 58 valence electrons. The molecule has 0 atom stereocenters. The van der Waals surface area contributed by atoms with E-state index in [-0.39, 0.29) is 5.75 Å². The van der Waals surface area contributed by atoms with Gasteiger partial charge in [0.05, 0.1) is 0 Å². The van der Waals surface area contributed by atoms with E-state index in [4.69, 9.17) is 0 Å². The van der Waals surface area contributed by atoms with Gasteiger partial charge in [-0.25, -0.2) is 0 Å². The van der Waals surface area contributed by atoms with Gasteiger partial charge in [-0.05, 0) is 17.7 Å². The molecule has 2 aliphatic rings. The predicted octanol–water partition coefficient (Wildman–Crippen LogP) is 2.57. The first-order valence-corrected chi connectivity index (χ1v) is 2.96. The van der Waals surface area contributed by atoms with Crippen molar-refractivity contribution >= 4 is 0 Å². The highest BCUT2D eigenvalue weighted by Gasteiger charge is 2.34. The zero-order valence-corrected chi connectivity index (χ0v) is 5.27. The molecule has 1 nitrogen and oxygen atoms in total. The van der Waals surface area contributed by atoms with Crippen molar-refractivity contribution in [3.63, 3.8) is 0 Å². The van der Waals surface area contributed by atoms with Crippen LogP contribution < -0.4 is 4.74 Å². The second-order valence-corrected chi connectivity index (χ2v) is 2.26. The van der Waals surface area contributed by atoms with Crippen molar-refractivity contribution in [3.8, 4) is 16.9 Å². The van der Waals surface area contributed by atoms with E-state index >= 15 is 0 Å². The molecule has 0 heterocycles. The van der Waals surface area contributed by atoms with Crippen molar-refractivity contribution in [3.05, 3.63) is 18.2 Å². The minimum Gasteiger partial charge on any atom is -0.405 e. The number of benzene rings is 1. The average Bonchev–Trinajstić information content (AvgIpc) is 2.50. The molecule has 11 heavy (non-hydrogen) atoms. The number of fused-ring (bicyclic) bond motifs is 1. The van der Waals surface area contributed by atoms with E-state index in [1.54, 1.807) is 12.1 Å². The molecule has 0 aliphatic heterocycles. The Bertz CT molecular complexity index is 303. The average molecular weight is 160 g/mol. The number of rotatable bonds is 1. The number of halogens is 3. The third kappa shape index (κ3) is 1.15. The Morgan fingerprint density at radius 3 is 2.27 bits per heavy atom. The highest BCUT2D eigenvalue weighted by Crippen LogP contribution is 2.45. The molecule has 0 radical (unpaired) electrons. The highest BCUT2D eigenvalue weighted by atomic mass is 19.4. The molecule has 0 amide bonds. The lowest BCUT2D eigenvalue weighted by molar-refractivity contribution is -0.274. The smallest absolute Gasteiger partial charge is 0.405 e. The van der Waals surface area contributed by atoms with Crippen LogP contribution in [-0.2, 0) is 0 Å². The fourth-order valence-electron chi connectivity index (χ4n) is 0.940. The lowest BCUT2D eigenvalue weighted by Gasteiger charge is -2.05. The summed E-state index contributed by atoms with van der Waals surface area (Å²) in [5.41, 5.74) is 1.41. The highest BCUT2D eigenvalue weighted by molar-refractivity contribution is 5.87. The molecular formula is C7H3F3O. The van der Waals surface area contributed by atoms with Crippen LogP contribution in [0.2, 0.25) is 0 Å². The summed E-state index contributed by atoms with van der Waals surface area (Å²) < 4.78 is 38.5. The summed E-state index contributed by atoms with van der Waals surface area (Å²) in [7, 11) is 0. The second kappa shape index (κ2) is 1.69. The molecule has 0 aromatic rings. The van der Waals surface area contributed by atoms with E-state index in [2.05, 4.69) is 4.74 Å². The van der Waals surface area contributed by atoms with E-state index in [9.17, 15) is 13.2 Å². The van der Waals surface area contributed by atoms with Crippen molar-refractivity contribution in [1.29, 1.82) is 0 Å². The van der Waals surface area contributed by atoms with Gasteiger partial charge in [-0.3, -0.25) is 0 Å². The van der Waals surface area contributed by atoms with Crippen LogP contribution in [0.3, 0.4) is 0 Å². The van der Waals surface area contributed by atoms with E-state index in [0.29, 0.717) is 5.56 Å². The molecule has 0 bridgehead atoms. The van der Waals surface area contributed by atoms with Crippen LogP contribution in [0.1, 0.15) is 0 Å². The first-order chi connectivity index (χ1) is 5.06. The number of hydrogen-bond donors (Lipinski definition) is 0. The van der Waals surface area contributed by atoms with E-state index in [1.807, 2.05) is 0 Å². The van der Waals surface area contributed by atoms with Crippen LogP contribution in [0.25, 0.3) is 11.1 Å². The van der Waals surface area contributed by atoms with Gasteiger partial charge in [0, 0.05) is 5.56 Å². The Morgan fingerprint density at radius 1 is 1.18 bits per heavy atom. The molecule has 0 unspecified atom stereocenters. The SMILES string of the molecule is FC(F)(F)Oc1ccc2cc1-2. The quantitative estimate of drug-likeness (QED) is 0.622. The normalized spacial score (nSPS) is 13.0. The molecule has 0 saturated heterocycles. The molecule has 4 heteroatoms. The van der Waals surface area contributed by atoms with Crippen LogP contribution in [0.15, 0.2) is 18.2 Å². The van der Waals surface area contributed by atoms with Crippen LogP contribution in [-0.4, -0.2) is 6.36 Å². The largest absolute Gasteiger partial charge is 0.573 e. The summed E-state index contributed by atoms with van der Waals surface area (Å²) in [6, 6.07) is 4.55. The number of hydrogen-bond acceptors (Lipinski definition) is 1. The van der Waals surface area contributed by atoms with Gasteiger partial charge < -0.3 is 4.74 Å². The van der Waals surface area contributed by atoms with Crippen molar-refractivity contribution in [2.45, 2.75) is 6.36 Å². The Hall–Kier alpha value is -1.19. The van der Waals surface area contributed by atoms with Crippen LogP contribution in [0, 0.1) is 0 Å². The van der Waals surface area contributed by atoms with Gasteiger partial charge in [0.1, 0.15) is 5.75 Å². The maximum atomic E-state index is 11.6. The molecule has 0 saturated carbocycles. The van der Waals surface area contributed by atoms with Crippen molar-refractivity contribution in [2.75, 3.05) is 0 Å². The van der Waals surface area contributed by atoms with Crippen molar-refractivity contribution < 1.29 is 17.9 Å². The Balaban J connectivity index is 2.15. The Kier molecular flexibility index (Phi) is 1.00. The van der Waals surface area contributed by atoms with Crippen LogP contribution >= 0.6 is 0 Å². The third-order valence-corrected chi connectivity index (χ3v) is 1.43. The summed E-state index contributed by atoms with van der Waals surface area (Å²) >= 11 is 0. The van der Waals surface area contributed by atoms with Crippen LogP contribution in [0.5, 0.6) is 5.75 Å². The minimum atomic E-state index is -4.57. The molecule has 0 spiro atoms. The maximum absolute atomic E-state index is 11.6. The van der Waals surface area contributed by atoms with Gasteiger partial charge in [0.25, 0.3) is 0 Å². The standard InChI is InChI=1S/C7H3F3O/c8-7(9,10)11-6-2-1-4-3-5(4)6/h1-3H. The minimum absolute atomic E-state index is 0.0903. The fraction of sp³-hybridized carbons (Fsp3) is 0.143. The number of alkyl halides is 3. The molecule has 2 rings (SSSR count). The maximum Gasteiger partial charge on any atom is 0.573 e. The number of ether oxygens (including phenoxy) is 1. The molecule has 0 fully saturated rings. The van der Waals surface area contributed by atoms with Crippen molar-refractivity contribution in [1.82, 2.24) is 0 Å². The predicted molar refractivity (Wildman–Crippen MR) is 32.1 cm³/mol. The molecule has 2 aliphatic carbocycles. The Morgan fingerprint density at radius 2 is 1.91 bits per heavy atom. The molecular weight excluding hydrogens is 157 g/mol. The van der Waals surface area contributed by atoms with E-state index < -0.39 is 6.36 Å². The monoisotopic (exact) mass is 160 g/mol. The van der Waals surface area contributed by atoms with Gasteiger partial charge in [-0.2, -0.15) is 0 Å². The first kappa shape index (κ1) is 6.52. The summed E-state index contributed by atoms with van der Waals surface area (Å²) in [4.78, 5) is 0. The van der Waals surface area contributed by atoms with E-state index in [1.165, 1.54) is 6.07 Å². The first-order valence-electron chi connectivity index (χ1n) is 2.96. The van der Waals surface area contributed by atoms with Gasteiger partial charge in [-0.1, -0.05) is 6.07 Å². The summed E-state index contributed by atoms with van der Waals surface area (Å²) in [6.45, 7) is 0. The second-order valence-electron chi connectivity index (χ2n) is 2.26. The van der Waals surface area contributed by atoms with Gasteiger partial charge in [0.2, 0.25) is 0 Å². The van der Waals surface area contributed by atoms with Crippen molar-refractivity contribution in [2.24, 2.45) is 0 Å². The summed E-state index contributed by atoms with van der Waals surface area (Å²) in [6.07, 6.45) is -4.57.